The Morgan fingerprint density at radius 3 is 2.23 bits per heavy atom. The topological polar surface area (TPSA) is 43.6 Å². The summed E-state index contributed by atoms with van der Waals surface area (Å²) in [5.41, 5.74) is 6.69. The van der Waals surface area contributed by atoms with Gasteiger partial charge < -0.3 is 24.8 Å². The average Bonchev–Trinajstić information content (AvgIpc) is 3.25. The molecule has 0 bridgehead atoms. The van der Waals surface area contributed by atoms with Crippen molar-refractivity contribution in [1.29, 1.82) is 0 Å². The molecule has 0 fully saturated rings. The summed E-state index contributed by atoms with van der Waals surface area (Å²) in [6.07, 6.45) is 1.43. The molecule has 0 amide bonds. The smallest absolute Gasteiger partial charge is 1.00 e. The third-order valence-corrected chi connectivity index (χ3v) is 4.36. The normalized spacial score (nSPS) is 9.38. The van der Waals surface area contributed by atoms with Crippen molar-refractivity contribution in [1.82, 2.24) is 20.2 Å². The summed E-state index contributed by atoms with van der Waals surface area (Å²) in [6, 6.07) is 14.5. The molecule has 4 nitrogen and oxygen atoms in total. The van der Waals surface area contributed by atoms with Gasteiger partial charge in [0.2, 0.25) is 0 Å². The minimum absolute atomic E-state index is 0. The molecule has 134 valence electrons. The van der Waals surface area contributed by atoms with Crippen molar-refractivity contribution in [3.8, 4) is 5.69 Å². The van der Waals surface area contributed by atoms with Crippen LogP contribution in [0.1, 0.15) is 22.3 Å². The van der Waals surface area contributed by atoms with Gasteiger partial charge in [-0.1, -0.05) is 33.8 Å². The van der Waals surface area contributed by atoms with Crippen LogP contribution in [0.2, 0.25) is 0 Å². The van der Waals surface area contributed by atoms with Crippen LogP contribution < -0.4 is 24.8 Å². The summed E-state index contributed by atoms with van der Waals surface area (Å²) in [4.78, 5) is 1.51. The summed E-state index contributed by atoms with van der Waals surface area (Å²) in [5, 5.41) is 13.9. The predicted octanol–water partition coefficient (Wildman–Crippen LogP) is -1.82. The van der Waals surface area contributed by atoms with E-state index >= 15 is 0 Å². The molecular weight excluding hydrogens is 446 g/mol. The fourth-order valence-corrected chi connectivity index (χ4v) is 2.67. The van der Waals surface area contributed by atoms with Gasteiger partial charge in [-0.2, -0.15) is 33.1 Å². The van der Waals surface area contributed by atoms with Gasteiger partial charge in [-0.15, -0.1) is 51.3 Å². The quantitative estimate of drug-likeness (QED) is 0.311. The van der Waals surface area contributed by atoms with E-state index in [9.17, 15) is 0 Å². The maximum absolute atomic E-state index is 3.98. The van der Waals surface area contributed by atoms with Crippen LogP contribution in [0.3, 0.4) is 0 Å². The summed E-state index contributed by atoms with van der Waals surface area (Å²) < 4.78 is 0. The number of hydrogen-bond donors (Lipinski definition) is 0. The first-order valence-electron chi connectivity index (χ1n) is 7.65. The fraction of sp³-hybridized carbons (Fsp3) is 0.211. The number of aryl methyl sites for hydroxylation is 2. The molecule has 3 aromatic carbocycles. The zero-order valence-electron chi connectivity index (χ0n) is 15.2. The van der Waals surface area contributed by atoms with Gasteiger partial charge in [0.25, 0.3) is 0 Å². The van der Waals surface area contributed by atoms with Crippen molar-refractivity contribution in [2.24, 2.45) is 0 Å². The molecule has 1 aromatic heterocycles. The van der Waals surface area contributed by atoms with E-state index in [1.807, 2.05) is 24.3 Å². The molecule has 4 aromatic rings. The summed E-state index contributed by atoms with van der Waals surface area (Å²) >= 11 is 0. The molecule has 0 aliphatic carbocycles. The molecule has 0 saturated carbocycles. The van der Waals surface area contributed by atoms with Crippen LogP contribution in [-0.4, -0.2) is 20.2 Å². The average molecular weight is 467 g/mol. The molecule has 0 aliphatic heterocycles. The van der Waals surface area contributed by atoms with E-state index in [0.717, 1.165) is 5.69 Å². The van der Waals surface area contributed by atoms with Crippen LogP contribution >= 0.6 is 0 Å². The maximum atomic E-state index is 3.98. The standard InChI is InChI=1S/C10H7N4.C9H13.2ClH.Zr/c1-2-4-9-6-10(5-8(9)3-1)14-12-7-11-13-14;1-6-5-7(2)9(4)8(6)3;;;/h1-7H;5H,1-4H3;2*1H;/q2*-1;;;+4/p-2. The number of aromatic nitrogens is 4. The van der Waals surface area contributed by atoms with E-state index in [2.05, 4.69) is 61.3 Å². The van der Waals surface area contributed by atoms with Crippen molar-refractivity contribution < 1.29 is 51.0 Å². The summed E-state index contributed by atoms with van der Waals surface area (Å²) in [7, 11) is 0. The van der Waals surface area contributed by atoms with Gasteiger partial charge in [0, 0.05) is 0 Å². The van der Waals surface area contributed by atoms with Gasteiger partial charge in [-0.25, -0.2) is 0 Å². The number of fused-ring (bicyclic) bond motifs is 1. The minimum Gasteiger partial charge on any atom is -1.00 e. The molecule has 0 atom stereocenters. The Bertz CT molecular complexity index is 871. The van der Waals surface area contributed by atoms with Crippen molar-refractivity contribution in [3.63, 3.8) is 0 Å². The Kier molecular flexibility index (Phi) is 10.2. The van der Waals surface area contributed by atoms with E-state index in [-0.39, 0.29) is 51.0 Å². The molecule has 0 spiro atoms. The van der Waals surface area contributed by atoms with Crippen LogP contribution in [0.5, 0.6) is 0 Å². The second-order valence-electron chi connectivity index (χ2n) is 5.83. The predicted molar refractivity (Wildman–Crippen MR) is 93.2 cm³/mol. The maximum Gasteiger partial charge on any atom is 4.00 e. The van der Waals surface area contributed by atoms with Crippen molar-refractivity contribution >= 4 is 10.8 Å². The molecular formula is C19H20Cl2N4Zr. The number of hydrogen-bond acceptors (Lipinski definition) is 3. The Labute approximate surface area is 185 Å². The van der Waals surface area contributed by atoms with Crippen LogP contribution in [0.25, 0.3) is 16.5 Å². The van der Waals surface area contributed by atoms with E-state index < -0.39 is 0 Å². The summed E-state index contributed by atoms with van der Waals surface area (Å²) in [5.74, 6) is 0. The van der Waals surface area contributed by atoms with Gasteiger partial charge in [0.15, 0.2) is 6.33 Å². The van der Waals surface area contributed by atoms with E-state index in [1.54, 1.807) is 0 Å². The Morgan fingerprint density at radius 2 is 1.77 bits per heavy atom. The Hall–Kier alpha value is -1.29. The largest absolute Gasteiger partial charge is 4.00 e. The molecule has 1 heterocycles. The van der Waals surface area contributed by atoms with E-state index in [0.29, 0.717) is 0 Å². The molecule has 0 unspecified atom stereocenters. The number of tetrazole rings is 1. The van der Waals surface area contributed by atoms with Gasteiger partial charge in [-0.05, 0) is 10.9 Å². The van der Waals surface area contributed by atoms with E-state index in [1.165, 1.54) is 44.2 Å². The second kappa shape index (κ2) is 10.8. The molecule has 0 N–H and O–H groups in total. The van der Waals surface area contributed by atoms with Crippen LogP contribution in [0.4, 0.5) is 0 Å². The van der Waals surface area contributed by atoms with Gasteiger partial charge in [-0.3, -0.25) is 0 Å². The Morgan fingerprint density at radius 1 is 1.08 bits per heavy atom. The van der Waals surface area contributed by atoms with Gasteiger partial charge >= 0.3 is 26.2 Å². The molecule has 0 radical (unpaired) electrons. The number of nitrogens with zero attached hydrogens (tertiary/aromatic N) is 4. The van der Waals surface area contributed by atoms with E-state index in [4.69, 9.17) is 0 Å². The third kappa shape index (κ3) is 5.36. The zero-order chi connectivity index (χ0) is 16.4. The fourth-order valence-electron chi connectivity index (χ4n) is 2.67. The first kappa shape index (κ1) is 24.7. The minimum atomic E-state index is 0. The first-order valence-corrected chi connectivity index (χ1v) is 7.65. The molecule has 0 aliphatic rings. The van der Waals surface area contributed by atoms with Gasteiger partial charge in [0.1, 0.15) is 0 Å². The Balaban J connectivity index is 0.000000466. The molecule has 7 heteroatoms. The van der Waals surface area contributed by atoms with Crippen molar-refractivity contribution in [3.05, 3.63) is 71.0 Å². The van der Waals surface area contributed by atoms with Crippen LogP contribution in [0.15, 0.2) is 48.8 Å². The van der Waals surface area contributed by atoms with Crippen LogP contribution in [0, 0.1) is 27.7 Å². The second-order valence-corrected chi connectivity index (χ2v) is 5.83. The van der Waals surface area contributed by atoms with Gasteiger partial charge in [0.05, 0.1) is 0 Å². The molecule has 4 rings (SSSR count). The summed E-state index contributed by atoms with van der Waals surface area (Å²) in [6.45, 7) is 8.68. The zero-order valence-corrected chi connectivity index (χ0v) is 19.1. The number of halogens is 2. The molecule has 0 saturated heterocycles. The van der Waals surface area contributed by atoms with Crippen molar-refractivity contribution in [2.75, 3.05) is 0 Å². The van der Waals surface area contributed by atoms with Crippen LogP contribution in [-0.2, 0) is 26.2 Å². The number of rotatable bonds is 1. The number of benzene rings is 1. The molecule has 26 heavy (non-hydrogen) atoms. The SMILES string of the molecule is Cc1c[c-](C)c(C)c1C.[Cl-].[Cl-].[Zr+4].c1ccc2[cH-]c(-n3ncnn3)cc2c1. The third-order valence-electron chi connectivity index (χ3n) is 4.36. The van der Waals surface area contributed by atoms with Crippen molar-refractivity contribution in [2.45, 2.75) is 27.7 Å². The first-order chi connectivity index (χ1) is 11.1. The monoisotopic (exact) mass is 464 g/mol.